The minimum Gasteiger partial charge on any atom is -0.396 e. The molecule has 0 atom stereocenters. The zero-order chi connectivity index (χ0) is 16.1. The fourth-order valence-electron chi connectivity index (χ4n) is 3.35. The van der Waals surface area contributed by atoms with Gasteiger partial charge in [0.15, 0.2) is 0 Å². The van der Waals surface area contributed by atoms with Crippen LogP contribution in [0.25, 0.3) is 16.8 Å². The number of nitrogens with one attached hydrogen (secondary N) is 1. The Kier molecular flexibility index (Phi) is 5.26. The molecular weight excluding hydrogens is 286 g/mol. The van der Waals surface area contributed by atoms with Crippen LogP contribution in [0.1, 0.15) is 24.8 Å². The minimum atomic E-state index is 0.284. The Hall–Kier alpha value is -1.91. The van der Waals surface area contributed by atoms with Crippen LogP contribution in [0.3, 0.4) is 0 Å². The molecular formula is C19H25N3O. The van der Waals surface area contributed by atoms with Crippen LogP contribution in [-0.2, 0) is 0 Å². The van der Waals surface area contributed by atoms with Gasteiger partial charge in [0.25, 0.3) is 0 Å². The second-order valence-electron chi connectivity index (χ2n) is 6.17. The number of aromatic nitrogens is 1. The molecule has 0 unspecified atom stereocenters. The van der Waals surface area contributed by atoms with Gasteiger partial charge >= 0.3 is 0 Å². The Morgan fingerprint density at radius 3 is 2.87 bits per heavy atom. The summed E-state index contributed by atoms with van der Waals surface area (Å²) in [4.78, 5) is 6.73. The fraction of sp³-hybridized carbons (Fsp3) is 0.421. The lowest BCUT2D eigenvalue weighted by Gasteiger charge is -2.33. The molecule has 2 heterocycles. The van der Waals surface area contributed by atoms with Gasteiger partial charge in [-0.25, -0.2) is 0 Å². The number of likely N-dealkylation sites (tertiary alicyclic amines) is 1. The molecule has 1 aromatic heterocycles. The third-order valence-corrected chi connectivity index (χ3v) is 4.61. The van der Waals surface area contributed by atoms with Crippen LogP contribution < -0.4 is 5.32 Å². The molecule has 1 aliphatic rings. The predicted molar refractivity (Wildman–Crippen MR) is 96.6 cm³/mol. The van der Waals surface area contributed by atoms with E-state index in [-0.39, 0.29) is 6.61 Å². The summed E-state index contributed by atoms with van der Waals surface area (Å²) in [6.07, 6.45) is 8.80. The standard InChI is InChI=1S/C19H25N3O/c1-2-15-13-20-14-16-5-3-6-18(19(15)16)21-17-7-10-22(11-8-17)9-4-12-23/h2-3,5-6,13-14,17,21,23H,1,4,7-12H2. The lowest BCUT2D eigenvalue weighted by Crippen LogP contribution is -2.39. The topological polar surface area (TPSA) is 48.4 Å². The van der Waals surface area contributed by atoms with Crippen molar-refractivity contribution in [2.45, 2.75) is 25.3 Å². The van der Waals surface area contributed by atoms with Gasteiger partial charge in [-0.2, -0.15) is 0 Å². The Morgan fingerprint density at radius 1 is 1.30 bits per heavy atom. The summed E-state index contributed by atoms with van der Waals surface area (Å²) in [5.74, 6) is 0. The van der Waals surface area contributed by atoms with Gasteiger partial charge in [0.1, 0.15) is 0 Å². The third-order valence-electron chi connectivity index (χ3n) is 4.61. The first-order chi connectivity index (χ1) is 11.3. The smallest absolute Gasteiger partial charge is 0.0443 e. The molecule has 122 valence electrons. The van der Waals surface area contributed by atoms with E-state index < -0.39 is 0 Å². The largest absolute Gasteiger partial charge is 0.396 e. The molecule has 0 saturated carbocycles. The third kappa shape index (κ3) is 3.71. The van der Waals surface area contributed by atoms with E-state index >= 15 is 0 Å². The van der Waals surface area contributed by atoms with Crippen molar-refractivity contribution in [1.29, 1.82) is 0 Å². The van der Waals surface area contributed by atoms with Crippen molar-refractivity contribution in [2.75, 3.05) is 31.6 Å². The average Bonchev–Trinajstić information content (AvgIpc) is 2.61. The van der Waals surface area contributed by atoms with Crippen molar-refractivity contribution in [1.82, 2.24) is 9.88 Å². The highest BCUT2D eigenvalue weighted by molar-refractivity contribution is 5.99. The van der Waals surface area contributed by atoms with Gasteiger partial charge in [-0.15, -0.1) is 0 Å². The Balaban J connectivity index is 1.72. The number of piperidine rings is 1. The van der Waals surface area contributed by atoms with Crippen molar-refractivity contribution in [3.63, 3.8) is 0 Å². The molecule has 1 aromatic carbocycles. The average molecular weight is 311 g/mol. The number of pyridine rings is 1. The van der Waals surface area contributed by atoms with Gasteiger partial charge in [-0.3, -0.25) is 4.98 Å². The summed E-state index contributed by atoms with van der Waals surface area (Å²) in [6, 6.07) is 6.82. The quantitative estimate of drug-likeness (QED) is 0.860. The molecule has 0 amide bonds. The Bertz CT molecular complexity index is 657. The number of aliphatic hydroxyl groups is 1. The summed E-state index contributed by atoms with van der Waals surface area (Å²) in [5, 5.41) is 15.0. The number of aliphatic hydroxyl groups excluding tert-OH is 1. The van der Waals surface area contributed by atoms with E-state index in [1.54, 1.807) is 0 Å². The number of anilines is 1. The van der Waals surface area contributed by atoms with Gasteiger partial charge < -0.3 is 15.3 Å². The minimum absolute atomic E-state index is 0.284. The second-order valence-corrected chi connectivity index (χ2v) is 6.17. The van der Waals surface area contributed by atoms with E-state index in [9.17, 15) is 0 Å². The van der Waals surface area contributed by atoms with Crippen molar-refractivity contribution < 1.29 is 5.11 Å². The zero-order valence-electron chi connectivity index (χ0n) is 13.5. The number of rotatable bonds is 6. The molecule has 0 aliphatic carbocycles. The molecule has 0 radical (unpaired) electrons. The number of fused-ring (bicyclic) bond motifs is 1. The highest BCUT2D eigenvalue weighted by atomic mass is 16.3. The van der Waals surface area contributed by atoms with Crippen LogP contribution in [0, 0.1) is 0 Å². The maximum Gasteiger partial charge on any atom is 0.0443 e. The first-order valence-corrected chi connectivity index (χ1v) is 8.40. The first-order valence-electron chi connectivity index (χ1n) is 8.40. The van der Waals surface area contributed by atoms with Gasteiger partial charge in [0.05, 0.1) is 0 Å². The predicted octanol–water partition coefficient (Wildman–Crippen LogP) is 3.14. The molecule has 4 nitrogen and oxygen atoms in total. The van der Waals surface area contributed by atoms with Crippen LogP contribution in [0.4, 0.5) is 5.69 Å². The summed E-state index contributed by atoms with van der Waals surface area (Å²) in [5.41, 5.74) is 2.25. The summed E-state index contributed by atoms with van der Waals surface area (Å²) >= 11 is 0. The molecule has 0 spiro atoms. The van der Waals surface area contributed by atoms with Crippen LogP contribution >= 0.6 is 0 Å². The Labute approximate surface area is 137 Å². The molecule has 4 heteroatoms. The van der Waals surface area contributed by atoms with Crippen molar-refractivity contribution in [3.05, 3.63) is 42.7 Å². The monoisotopic (exact) mass is 311 g/mol. The van der Waals surface area contributed by atoms with Crippen molar-refractivity contribution in [3.8, 4) is 0 Å². The summed E-state index contributed by atoms with van der Waals surface area (Å²) < 4.78 is 0. The maximum atomic E-state index is 8.94. The zero-order valence-corrected chi connectivity index (χ0v) is 13.5. The summed E-state index contributed by atoms with van der Waals surface area (Å²) in [7, 11) is 0. The molecule has 1 fully saturated rings. The fourth-order valence-corrected chi connectivity index (χ4v) is 3.35. The highest BCUT2D eigenvalue weighted by Crippen LogP contribution is 2.28. The van der Waals surface area contributed by atoms with Crippen molar-refractivity contribution >= 4 is 22.5 Å². The normalized spacial score (nSPS) is 16.6. The lowest BCUT2D eigenvalue weighted by molar-refractivity contribution is 0.192. The number of hydrogen-bond donors (Lipinski definition) is 2. The van der Waals surface area contributed by atoms with E-state index in [1.807, 2.05) is 18.5 Å². The lowest BCUT2D eigenvalue weighted by atomic mass is 10.0. The van der Waals surface area contributed by atoms with E-state index in [2.05, 4.69) is 40.0 Å². The van der Waals surface area contributed by atoms with Crippen LogP contribution in [-0.4, -0.2) is 47.3 Å². The molecule has 0 bridgehead atoms. The summed E-state index contributed by atoms with van der Waals surface area (Å²) in [6.45, 7) is 7.39. The SMILES string of the molecule is C=Cc1cncc2cccc(NC3CCN(CCCO)CC3)c12. The van der Waals surface area contributed by atoms with E-state index in [0.717, 1.165) is 49.8 Å². The van der Waals surface area contributed by atoms with Crippen molar-refractivity contribution in [2.24, 2.45) is 0 Å². The van der Waals surface area contributed by atoms with Gasteiger partial charge in [0, 0.05) is 66.7 Å². The number of nitrogens with zero attached hydrogens (tertiary/aromatic N) is 2. The maximum absolute atomic E-state index is 8.94. The highest BCUT2D eigenvalue weighted by Gasteiger charge is 2.19. The van der Waals surface area contributed by atoms with E-state index in [4.69, 9.17) is 5.11 Å². The molecule has 2 aromatic rings. The number of benzene rings is 1. The number of hydrogen-bond acceptors (Lipinski definition) is 4. The molecule has 23 heavy (non-hydrogen) atoms. The van der Waals surface area contributed by atoms with Crippen LogP contribution in [0.15, 0.2) is 37.2 Å². The molecule has 2 N–H and O–H groups in total. The van der Waals surface area contributed by atoms with E-state index in [1.165, 1.54) is 11.1 Å². The molecule has 3 rings (SSSR count). The Morgan fingerprint density at radius 2 is 2.13 bits per heavy atom. The van der Waals surface area contributed by atoms with Gasteiger partial charge in [-0.05, 0) is 25.3 Å². The van der Waals surface area contributed by atoms with Crippen LogP contribution in [0.2, 0.25) is 0 Å². The van der Waals surface area contributed by atoms with E-state index in [0.29, 0.717) is 6.04 Å². The molecule has 1 aliphatic heterocycles. The molecule has 1 saturated heterocycles. The first kappa shape index (κ1) is 16.0. The second kappa shape index (κ2) is 7.57. The van der Waals surface area contributed by atoms with Crippen LogP contribution in [0.5, 0.6) is 0 Å². The van der Waals surface area contributed by atoms with Gasteiger partial charge in [0.2, 0.25) is 0 Å². The van der Waals surface area contributed by atoms with Gasteiger partial charge in [-0.1, -0.05) is 24.8 Å².